The van der Waals surface area contributed by atoms with Crippen LogP contribution in [-0.2, 0) is 13.1 Å². The maximum absolute atomic E-state index is 13.6. The van der Waals surface area contributed by atoms with Gasteiger partial charge in [-0.3, -0.25) is 4.79 Å². The lowest BCUT2D eigenvalue weighted by Crippen LogP contribution is -2.24. The summed E-state index contributed by atoms with van der Waals surface area (Å²) in [6, 6.07) is 18.0. The van der Waals surface area contributed by atoms with Crippen molar-refractivity contribution in [3.05, 3.63) is 95.1 Å². The number of aromatic nitrogens is 1. The van der Waals surface area contributed by atoms with Gasteiger partial charge in [0, 0.05) is 18.7 Å². The Bertz CT molecular complexity index is 894. The molecule has 0 aliphatic rings. The third-order valence-electron chi connectivity index (χ3n) is 4.14. The number of halogens is 1. The molecule has 0 aliphatic heterocycles. The van der Waals surface area contributed by atoms with Gasteiger partial charge in [-0.2, -0.15) is 0 Å². The van der Waals surface area contributed by atoms with Crippen LogP contribution in [0.15, 0.2) is 66.9 Å². The minimum Gasteiger partial charge on any atom is -0.380 e. The molecule has 0 aliphatic carbocycles. The molecule has 1 amide bonds. The van der Waals surface area contributed by atoms with Gasteiger partial charge in [0.1, 0.15) is 11.5 Å². The van der Waals surface area contributed by atoms with Crippen LogP contribution in [0.3, 0.4) is 0 Å². The highest BCUT2D eigenvalue weighted by atomic mass is 19.1. The van der Waals surface area contributed by atoms with Gasteiger partial charge in [-0.15, -0.1) is 0 Å². The Labute approximate surface area is 152 Å². The summed E-state index contributed by atoms with van der Waals surface area (Å²) in [5.41, 5.74) is 4.00. The molecule has 0 saturated heterocycles. The van der Waals surface area contributed by atoms with E-state index in [1.54, 1.807) is 30.5 Å². The van der Waals surface area contributed by atoms with Crippen LogP contribution >= 0.6 is 0 Å². The second-order valence-corrected chi connectivity index (χ2v) is 5.99. The van der Waals surface area contributed by atoms with Gasteiger partial charge < -0.3 is 10.6 Å². The van der Waals surface area contributed by atoms with Gasteiger partial charge >= 0.3 is 0 Å². The molecule has 0 atom stereocenters. The number of carbonyl (C=O) groups is 1. The van der Waals surface area contributed by atoms with E-state index in [1.165, 1.54) is 17.2 Å². The van der Waals surface area contributed by atoms with Gasteiger partial charge in [0.2, 0.25) is 0 Å². The first-order valence-corrected chi connectivity index (χ1v) is 8.39. The average molecular weight is 349 g/mol. The molecule has 0 spiro atoms. The molecule has 0 radical (unpaired) electrons. The number of benzene rings is 2. The first-order chi connectivity index (χ1) is 12.6. The normalized spacial score (nSPS) is 10.4. The molecule has 26 heavy (non-hydrogen) atoms. The fourth-order valence-electron chi connectivity index (χ4n) is 2.55. The smallest absolute Gasteiger partial charge is 0.270 e. The summed E-state index contributed by atoms with van der Waals surface area (Å²) >= 11 is 0. The molecule has 4 nitrogen and oxygen atoms in total. The summed E-state index contributed by atoms with van der Waals surface area (Å²) < 4.78 is 13.6. The predicted octanol–water partition coefficient (Wildman–Crippen LogP) is 4.07. The number of hydrogen-bond donors (Lipinski definition) is 2. The standard InChI is InChI=1S/C21H20FN3O/c1-15-6-2-3-7-16(15)12-23-18-10-11-20(24-14-18)21(26)25-13-17-8-4-5-9-19(17)22/h2-11,14,23H,12-13H2,1H3,(H,25,26). The van der Waals surface area contributed by atoms with Crippen LogP contribution in [0.4, 0.5) is 10.1 Å². The van der Waals surface area contributed by atoms with Crippen molar-refractivity contribution in [1.29, 1.82) is 0 Å². The molecule has 3 rings (SSSR count). The molecule has 0 saturated carbocycles. The fourth-order valence-corrected chi connectivity index (χ4v) is 2.55. The molecule has 0 fully saturated rings. The summed E-state index contributed by atoms with van der Waals surface area (Å²) in [5, 5.41) is 5.97. The van der Waals surface area contributed by atoms with Crippen LogP contribution in [0, 0.1) is 12.7 Å². The highest BCUT2D eigenvalue weighted by Gasteiger charge is 2.08. The SMILES string of the molecule is Cc1ccccc1CNc1ccc(C(=O)NCc2ccccc2F)nc1. The van der Waals surface area contributed by atoms with Crippen molar-refractivity contribution in [2.24, 2.45) is 0 Å². The van der Waals surface area contributed by atoms with E-state index in [9.17, 15) is 9.18 Å². The predicted molar refractivity (Wildman–Crippen MR) is 100 cm³/mol. The number of anilines is 1. The van der Waals surface area contributed by atoms with Crippen molar-refractivity contribution in [1.82, 2.24) is 10.3 Å². The van der Waals surface area contributed by atoms with Gasteiger partial charge in [0.05, 0.1) is 11.9 Å². The Kier molecular flexibility index (Phi) is 5.59. The minimum atomic E-state index is -0.337. The molecule has 132 valence electrons. The van der Waals surface area contributed by atoms with E-state index in [-0.39, 0.29) is 18.3 Å². The van der Waals surface area contributed by atoms with Crippen molar-refractivity contribution in [3.63, 3.8) is 0 Å². The number of hydrogen-bond acceptors (Lipinski definition) is 3. The summed E-state index contributed by atoms with van der Waals surface area (Å²) in [5.74, 6) is -0.671. The Hall–Kier alpha value is -3.21. The van der Waals surface area contributed by atoms with Crippen LogP contribution in [0.25, 0.3) is 0 Å². The Balaban J connectivity index is 1.56. The number of carbonyl (C=O) groups excluding carboxylic acids is 1. The summed E-state index contributed by atoms with van der Waals surface area (Å²) in [6.07, 6.45) is 1.62. The Morgan fingerprint density at radius 3 is 2.38 bits per heavy atom. The lowest BCUT2D eigenvalue weighted by molar-refractivity contribution is 0.0945. The van der Waals surface area contributed by atoms with E-state index in [1.807, 2.05) is 18.2 Å². The summed E-state index contributed by atoms with van der Waals surface area (Å²) in [7, 11) is 0. The number of pyridine rings is 1. The van der Waals surface area contributed by atoms with Crippen LogP contribution in [0.1, 0.15) is 27.2 Å². The average Bonchev–Trinajstić information content (AvgIpc) is 2.67. The van der Waals surface area contributed by atoms with Crippen molar-refractivity contribution in [2.75, 3.05) is 5.32 Å². The van der Waals surface area contributed by atoms with Crippen LogP contribution < -0.4 is 10.6 Å². The molecule has 0 bridgehead atoms. The largest absolute Gasteiger partial charge is 0.380 e. The maximum Gasteiger partial charge on any atom is 0.270 e. The van der Waals surface area contributed by atoms with E-state index in [2.05, 4.69) is 34.7 Å². The molecule has 2 aromatic carbocycles. The number of aryl methyl sites for hydroxylation is 1. The molecule has 3 aromatic rings. The van der Waals surface area contributed by atoms with Crippen LogP contribution in [-0.4, -0.2) is 10.9 Å². The van der Waals surface area contributed by atoms with E-state index >= 15 is 0 Å². The van der Waals surface area contributed by atoms with Gasteiger partial charge in [0.25, 0.3) is 5.91 Å². The second kappa shape index (κ2) is 8.25. The number of nitrogens with zero attached hydrogens (tertiary/aromatic N) is 1. The van der Waals surface area contributed by atoms with Gasteiger partial charge in [-0.1, -0.05) is 42.5 Å². The third-order valence-corrected chi connectivity index (χ3v) is 4.14. The quantitative estimate of drug-likeness (QED) is 0.705. The number of rotatable bonds is 6. The van der Waals surface area contributed by atoms with E-state index in [0.717, 1.165) is 5.69 Å². The van der Waals surface area contributed by atoms with E-state index in [0.29, 0.717) is 17.8 Å². The Morgan fingerprint density at radius 1 is 0.962 bits per heavy atom. The van der Waals surface area contributed by atoms with Gasteiger partial charge in [-0.05, 0) is 36.2 Å². The van der Waals surface area contributed by atoms with Gasteiger partial charge in [-0.25, -0.2) is 9.37 Å². The lowest BCUT2D eigenvalue weighted by Gasteiger charge is -2.09. The molecular weight excluding hydrogens is 329 g/mol. The zero-order chi connectivity index (χ0) is 18.4. The molecule has 2 N–H and O–H groups in total. The van der Waals surface area contributed by atoms with Crippen LogP contribution in [0.5, 0.6) is 0 Å². The molecule has 0 unspecified atom stereocenters. The van der Waals surface area contributed by atoms with Crippen molar-refractivity contribution < 1.29 is 9.18 Å². The van der Waals surface area contributed by atoms with Crippen molar-refractivity contribution in [2.45, 2.75) is 20.0 Å². The summed E-state index contributed by atoms with van der Waals surface area (Å²) in [4.78, 5) is 16.3. The number of nitrogens with one attached hydrogen (secondary N) is 2. The van der Waals surface area contributed by atoms with Crippen LogP contribution in [0.2, 0.25) is 0 Å². The highest BCUT2D eigenvalue weighted by molar-refractivity contribution is 5.92. The summed E-state index contributed by atoms with van der Waals surface area (Å²) in [6.45, 7) is 2.88. The first kappa shape index (κ1) is 17.6. The maximum atomic E-state index is 13.6. The van der Waals surface area contributed by atoms with E-state index in [4.69, 9.17) is 0 Å². The van der Waals surface area contributed by atoms with Crippen molar-refractivity contribution >= 4 is 11.6 Å². The topological polar surface area (TPSA) is 54.0 Å². The van der Waals surface area contributed by atoms with E-state index < -0.39 is 0 Å². The molecule has 1 aromatic heterocycles. The monoisotopic (exact) mass is 349 g/mol. The molecule has 5 heteroatoms. The highest BCUT2D eigenvalue weighted by Crippen LogP contribution is 2.12. The Morgan fingerprint density at radius 2 is 1.69 bits per heavy atom. The fraction of sp³-hybridized carbons (Fsp3) is 0.143. The zero-order valence-electron chi connectivity index (χ0n) is 14.5. The lowest BCUT2D eigenvalue weighted by atomic mass is 10.1. The third kappa shape index (κ3) is 4.45. The minimum absolute atomic E-state index is 0.125. The zero-order valence-corrected chi connectivity index (χ0v) is 14.5. The number of amides is 1. The first-order valence-electron chi connectivity index (χ1n) is 8.39. The molecule has 1 heterocycles. The van der Waals surface area contributed by atoms with Gasteiger partial charge in [0.15, 0.2) is 0 Å². The molecular formula is C21H20FN3O. The second-order valence-electron chi connectivity index (χ2n) is 5.99. The van der Waals surface area contributed by atoms with Crippen molar-refractivity contribution in [3.8, 4) is 0 Å².